The van der Waals surface area contributed by atoms with E-state index in [1.54, 1.807) is 12.3 Å². The van der Waals surface area contributed by atoms with Crippen LogP contribution in [0.2, 0.25) is 0 Å². The van der Waals surface area contributed by atoms with Gasteiger partial charge >= 0.3 is 6.18 Å². The van der Waals surface area contributed by atoms with Gasteiger partial charge in [0.2, 0.25) is 11.8 Å². The molecule has 0 bridgehead atoms. The smallest absolute Gasteiger partial charge is 0.389 e. The van der Waals surface area contributed by atoms with Crippen molar-refractivity contribution in [2.45, 2.75) is 82.0 Å². The second-order valence-corrected chi connectivity index (χ2v) is 11.6. The van der Waals surface area contributed by atoms with Crippen molar-refractivity contribution < 1.29 is 45.1 Å². The third kappa shape index (κ3) is 8.85. The highest BCUT2D eigenvalue weighted by molar-refractivity contribution is 5.94. The Hall–Kier alpha value is -3.91. The molecule has 2 amide bonds. The Morgan fingerprint density at radius 2 is 1.73 bits per heavy atom. The van der Waals surface area contributed by atoms with Crippen molar-refractivity contribution in [3.8, 4) is 5.75 Å². The molecule has 0 radical (unpaired) electrons. The molecule has 1 unspecified atom stereocenters. The molecule has 0 spiro atoms. The van der Waals surface area contributed by atoms with Crippen LogP contribution in [0.15, 0.2) is 42.7 Å². The van der Waals surface area contributed by atoms with E-state index >= 15 is 0 Å². The van der Waals surface area contributed by atoms with Gasteiger partial charge in [-0.1, -0.05) is 6.07 Å². The van der Waals surface area contributed by atoms with E-state index in [9.17, 15) is 40.3 Å². The number of aromatic nitrogens is 3. The number of carbonyl (C=O) groups excluding carboxylic acids is 2. The van der Waals surface area contributed by atoms with Gasteiger partial charge in [0.1, 0.15) is 12.4 Å². The van der Waals surface area contributed by atoms with Gasteiger partial charge in [0, 0.05) is 24.8 Å². The third-order valence-electron chi connectivity index (χ3n) is 8.08. The second-order valence-electron chi connectivity index (χ2n) is 11.6. The van der Waals surface area contributed by atoms with Gasteiger partial charge in [0.15, 0.2) is 5.65 Å². The Kier molecular flexibility index (Phi) is 9.54. The second kappa shape index (κ2) is 13.2. The molecule has 45 heavy (non-hydrogen) atoms. The highest BCUT2D eigenvalue weighted by Gasteiger charge is 2.40. The van der Waals surface area contributed by atoms with Crippen LogP contribution in [0.5, 0.6) is 5.75 Å². The SMILES string of the molecule is O=C(CCC(F)(F)F)NC(c1cnn2cc([C@@H](NC(=O)c3cccc(OCC(F)F)c3)C3CCC(F)(F)CC3)nc2c1)C1CC1. The molecule has 2 N–H and O–H groups in total. The average molecular weight is 644 g/mol. The summed E-state index contributed by atoms with van der Waals surface area (Å²) < 4.78 is 97.6. The van der Waals surface area contributed by atoms with E-state index in [4.69, 9.17) is 4.74 Å². The number of nitrogens with zero attached hydrogens (tertiary/aromatic N) is 3. The fourth-order valence-electron chi connectivity index (χ4n) is 5.57. The first-order valence-corrected chi connectivity index (χ1v) is 14.7. The van der Waals surface area contributed by atoms with E-state index in [2.05, 4.69) is 20.7 Å². The summed E-state index contributed by atoms with van der Waals surface area (Å²) in [5, 5.41) is 9.94. The number of ether oxygens (including phenoxy) is 1. The van der Waals surface area contributed by atoms with Crippen LogP contribution in [0.4, 0.5) is 30.7 Å². The van der Waals surface area contributed by atoms with Gasteiger partial charge in [0.05, 0.1) is 36.6 Å². The summed E-state index contributed by atoms with van der Waals surface area (Å²) in [6.07, 6.45) is -4.99. The lowest BCUT2D eigenvalue weighted by Gasteiger charge is -2.33. The number of alkyl halides is 7. The molecule has 2 aliphatic rings. The molecule has 0 aliphatic heterocycles. The van der Waals surface area contributed by atoms with Crippen LogP contribution in [-0.2, 0) is 4.79 Å². The molecule has 8 nitrogen and oxygen atoms in total. The minimum absolute atomic E-state index is 0.0369. The minimum atomic E-state index is -4.45. The van der Waals surface area contributed by atoms with Crippen LogP contribution in [0.3, 0.4) is 0 Å². The molecular formula is C30H32F7N5O3. The van der Waals surface area contributed by atoms with Crippen LogP contribution in [0, 0.1) is 11.8 Å². The molecule has 1 aromatic carbocycles. The van der Waals surface area contributed by atoms with Crippen LogP contribution in [0.1, 0.15) is 85.1 Å². The summed E-state index contributed by atoms with van der Waals surface area (Å²) in [7, 11) is 0. The number of benzene rings is 1. The zero-order chi connectivity index (χ0) is 32.4. The number of hydrogen-bond acceptors (Lipinski definition) is 5. The number of imidazole rings is 1. The molecule has 2 saturated carbocycles. The zero-order valence-electron chi connectivity index (χ0n) is 24.0. The molecule has 0 saturated heterocycles. The third-order valence-corrected chi connectivity index (χ3v) is 8.08. The van der Waals surface area contributed by atoms with Crippen molar-refractivity contribution in [1.29, 1.82) is 0 Å². The standard InChI is InChI=1S/C30H32F7N5O3/c31-23(32)16-45-21-3-1-2-19(12-21)28(44)41-27(18-6-9-29(33,34)10-7-18)22-15-42-24(39-22)13-20(14-38-42)26(17-4-5-17)40-25(43)8-11-30(35,36)37/h1-3,12-15,17-18,23,26-27H,4-11,16H2,(H,40,43)(H,41,44)/t26?,27-/m0/s1. The predicted octanol–water partition coefficient (Wildman–Crippen LogP) is 6.58. The first-order chi connectivity index (χ1) is 21.3. The normalized spacial score (nSPS) is 18.5. The van der Waals surface area contributed by atoms with Crippen LogP contribution >= 0.6 is 0 Å². The Bertz CT molecular complexity index is 1500. The molecule has 2 aliphatic carbocycles. The van der Waals surface area contributed by atoms with E-state index in [1.165, 1.54) is 35.0 Å². The largest absolute Gasteiger partial charge is 0.488 e. The van der Waals surface area contributed by atoms with Crippen LogP contribution < -0.4 is 15.4 Å². The van der Waals surface area contributed by atoms with E-state index in [0.717, 1.165) is 12.8 Å². The number of hydrogen-bond donors (Lipinski definition) is 2. The van der Waals surface area contributed by atoms with Crippen LogP contribution in [-0.4, -0.2) is 51.5 Å². The fraction of sp³-hybridized carbons (Fsp3) is 0.533. The molecule has 244 valence electrons. The molecule has 15 heteroatoms. The Morgan fingerprint density at radius 3 is 2.40 bits per heavy atom. The quantitative estimate of drug-likeness (QED) is 0.218. The molecule has 2 fully saturated rings. The molecule has 3 aromatic rings. The topological polar surface area (TPSA) is 97.6 Å². The number of fused-ring (bicyclic) bond motifs is 1. The highest BCUT2D eigenvalue weighted by atomic mass is 19.4. The maximum atomic E-state index is 14.0. The van der Waals surface area contributed by atoms with E-state index < -0.39 is 67.8 Å². The number of nitrogens with one attached hydrogen (secondary N) is 2. The molecular weight excluding hydrogens is 611 g/mol. The maximum Gasteiger partial charge on any atom is 0.389 e. The first kappa shape index (κ1) is 32.5. The van der Waals surface area contributed by atoms with Crippen molar-refractivity contribution in [2.24, 2.45) is 11.8 Å². The average Bonchev–Trinajstić information content (AvgIpc) is 3.74. The van der Waals surface area contributed by atoms with Gasteiger partial charge < -0.3 is 15.4 Å². The zero-order valence-corrected chi connectivity index (χ0v) is 24.0. The minimum Gasteiger partial charge on any atom is -0.488 e. The van der Waals surface area contributed by atoms with Crippen molar-refractivity contribution in [1.82, 2.24) is 25.2 Å². The lowest BCUT2D eigenvalue weighted by molar-refractivity contribution is -0.144. The number of carbonyl (C=O) groups is 2. The predicted molar refractivity (Wildman–Crippen MR) is 147 cm³/mol. The van der Waals surface area contributed by atoms with Gasteiger partial charge in [-0.3, -0.25) is 9.59 Å². The molecule has 2 atom stereocenters. The summed E-state index contributed by atoms with van der Waals surface area (Å²) in [5.41, 5.74) is 1.36. The highest BCUT2D eigenvalue weighted by Crippen LogP contribution is 2.43. The van der Waals surface area contributed by atoms with Crippen molar-refractivity contribution in [2.75, 3.05) is 6.61 Å². The van der Waals surface area contributed by atoms with Crippen molar-refractivity contribution >= 4 is 17.5 Å². The molecule has 5 rings (SSSR count). The molecule has 2 heterocycles. The summed E-state index contributed by atoms with van der Waals surface area (Å²) in [5.74, 6) is -4.43. The van der Waals surface area contributed by atoms with Gasteiger partial charge in [-0.05, 0) is 67.3 Å². The summed E-state index contributed by atoms with van der Waals surface area (Å²) >= 11 is 0. The monoisotopic (exact) mass is 643 g/mol. The van der Waals surface area contributed by atoms with E-state index in [0.29, 0.717) is 16.9 Å². The number of rotatable bonds is 12. The Labute approximate surface area is 253 Å². The van der Waals surface area contributed by atoms with Gasteiger partial charge in [-0.2, -0.15) is 18.3 Å². The van der Waals surface area contributed by atoms with Gasteiger partial charge in [-0.15, -0.1) is 0 Å². The van der Waals surface area contributed by atoms with Gasteiger partial charge in [0.25, 0.3) is 12.3 Å². The summed E-state index contributed by atoms with van der Waals surface area (Å²) in [4.78, 5) is 30.3. The Morgan fingerprint density at radius 1 is 1.02 bits per heavy atom. The van der Waals surface area contributed by atoms with Crippen molar-refractivity contribution in [3.63, 3.8) is 0 Å². The van der Waals surface area contributed by atoms with E-state index in [1.807, 2.05) is 0 Å². The fourth-order valence-corrected chi connectivity index (χ4v) is 5.57. The summed E-state index contributed by atoms with van der Waals surface area (Å²) in [6, 6.07) is 5.97. The lowest BCUT2D eigenvalue weighted by Crippen LogP contribution is -2.37. The summed E-state index contributed by atoms with van der Waals surface area (Å²) in [6.45, 7) is -0.848. The molecule has 2 aromatic heterocycles. The lowest BCUT2D eigenvalue weighted by atomic mass is 9.81. The van der Waals surface area contributed by atoms with E-state index in [-0.39, 0.29) is 42.9 Å². The Balaban J connectivity index is 1.38. The number of halogens is 7. The maximum absolute atomic E-state index is 14.0. The number of amides is 2. The van der Waals surface area contributed by atoms with Crippen molar-refractivity contribution in [3.05, 3.63) is 59.5 Å². The first-order valence-electron chi connectivity index (χ1n) is 14.7. The van der Waals surface area contributed by atoms with Gasteiger partial charge in [-0.25, -0.2) is 27.1 Å². The van der Waals surface area contributed by atoms with Crippen LogP contribution in [0.25, 0.3) is 5.65 Å².